The van der Waals surface area contributed by atoms with Crippen molar-refractivity contribution in [3.8, 4) is 0 Å². The Morgan fingerprint density at radius 2 is 2.15 bits per heavy atom. The number of rotatable bonds is 6. The maximum absolute atomic E-state index is 12.0. The van der Waals surface area contributed by atoms with Crippen LogP contribution < -0.4 is 5.32 Å². The highest BCUT2D eigenvalue weighted by molar-refractivity contribution is 6.20. The summed E-state index contributed by atoms with van der Waals surface area (Å²) >= 11 is 0. The topological polar surface area (TPSA) is 79.4 Å². The minimum Gasteiger partial charge on any atom is -0.354 e. The third-order valence-corrected chi connectivity index (χ3v) is 3.15. The second kappa shape index (κ2) is 6.27. The predicted molar refractivity (Wildman–Crippen MR) is 72.1 cm³/mol. The monoisotopic (exact) mass is 275 g/mol. The Kier molecular flexibility index (Phi) is 4.45. The quantitative estimate of drug-likeness (QED) is 0.785. The van der Waals surface area contributed by atoms with Crippen LogP contribution in [-0.4, -0.2) is 40.7 Å². The molecule has 3 amide bonds. The van der Waals surface area contributed by atoms with Gasteiger partial charge in [0, 0.05) is 25.7 Å². The van der Waals surface area contributed by atoms with Gasteiger partial charge in [0.25, 0.3) is 11.8 Å². The number of hydrogen-bond donors (Lipinski definition) is 1. The molecule has 6 heteroatoms. The number of hydrogen-bond acceptors (Lipinski definition) is 4. The molecule has 0 atom stereocenters. The molecule has 1 aromatic heterocycles. The minimum absolute atomic E-state index is 0.0541. The Balaban J connectivity index is 1.88. The van der Waals surface area contributed by atoms with Crippen LogP contribution in [0.4, 0.5) is 0 Å². The number of nitrogens with one attached hydrogen (secondary N) is 1. The number of carbonyl (C=O) groups excluding carboxylic acids is 3. The number of nitrogens with zero attached hydrogens (tertiary/aromatic N) is 2. The van der Waals surface area contributed by atoms with Gasteiger partial charge >= 0.3 is 0 Å². The fourth-order valence-corrected chi connectivity index (χ4v) is 2.05. The van der Waals surface area contributed by atoms with Gasteiger partial charge in [-0.05, 0) is 18.6 Å². The van der Waals surface area contributed by atoms with Crippen molar-refractivity contribution in [1.82, 2.24) is 15.2 Å². The molecule has 0 fully saturated rings. The highest BCUT2D eigenvalue weighted by Gasteiger charge is 2.36. The van der Waals surface area contributed by atoms with Crippen LogP contribution in [0, 0.1) is 0 Å². The normalized spacial score (nSPS) is 13.6. The molecule has 0 aromatic carbocycles. The fraction of sp³-hybridized carbons (Fsp3) is 0.429. The molecule has 0 aliphatic carbocycles. The molecule has 1 N–H and O–H groups in total. The van der Waals surface area contributed by atoms with Gasteiger partial charge in [0.15, 0.2) is 0 Å². The van der Waals surface area contributed by atoms with Crippen LogP contribution in [0.5, 0.6) is 0 Å². The number of imide groups is 1. The molecule has 0 bridgehead atoms. The second-order valence-corrected chi connectivity index (χ2v) is 4.62. The number of fused-ring (bicyclic) bond motifs is 1. The predicted octanol–water partition coefficient (Wildman–Crippen LogP) is 0.984. The molecule has 20 heavy (non-hydrogen) atoms. The van der Waals surface area contributed by atoms with Crippen LogP contribution in [0.2, 0.25) is 0 Å². The van der Waals surface area contributed by atoms with Gasteiger partial charge in [-0.1, -0.05) is 13.3 Å². The Morgan fingerprint density at radius 1 is 1.35 bits per heavy atom. The maximum atomic E-state index is 12.0. The number of amides is 3. The van der Waals surface area contributed by atoms with E-state index in [2.05, 4.69) is 10.3 Å². The Bertz CT molecular complexity index is 507. The molecule has 0 radical (unpaired) electrons. The molecule has 0 unspecified atom stereocenters. The highest BCUT2D eigenvalue weighted by atomic mass is 16.2. The van der Waals surface area contributed by atoms with Crippen molar-refractivity contribution in [3.05, 3.63) is 29.6 Å². The summed E-state index contributed by atoms with van der Waals surface area (Å²) in [7, 11) is 0. The third kappa shape index (κ3) is 2.84. The van der Waals surface area contributed by atoms with Crippen molar-refractivity contribution in [1.29, 1.82) is 0 Å². The van der Waals surface area contributed by atoms with E-state index in [0.29, 0.717) is 12.0 Å². The average molecular weight is 275 g/mol. The Hall–Kier alpha value is -2.24. The fourth-order valence-electron chi connectivity index (χ4n) is 2.05. The summed E-state index contributed by atoms with van der Waals surface area (Å²) in [6.45, 7) is 2.46. The minimum atomic E-state index is -0.395. The lowest BCUT2D eigenvalue weighted by Gasteiger charge is -2.13. The third-order valence-electron chi connectivity index (χ3n) is 3.15. The van der Waals surface area contributed by atoms with Crippen LogP contribution in [0.15, 0.2) is 18.3 Å². The van der Waals surface area contributed by atoms with Gasteiger partial charge in [-0.3, -0.25) is 24.3 Å². The smallest absolute Gasteiger partial charge is 0.280 e. The maximum Gasteiger partial charge on any atom is 0.280 e. The lowest BCUT2D eigenvalue weighted by atomic mass is 10.2. The Morgan fingerprint density at radius 3 is 2.85 bits per heavy atom. The molecular formula is C14H17N3O3. The van der Waals surface area contributed by atoms with Crippen molar-refractivity contribution in [2.45, 2.75) is 26.2 Å². The van der Waals surface area contributed by atoms with Crippen molar-refractivity contribution in [2.75, 3.05) is 13.1 Å². The summed E-state index contributed by atoms with van der Waals surface area (Å²) in [5.74, 6) is -0.795. The van der Waals surface area contributed by atoms with Gasteiger partial charge in [-0.25, -0.2) is 0 Å². The SMILES string of the molecule is CCCCC(=O)NCCN1C(=O)c2cccnc2C1=O. The van der Waals surface area contributed by atoms with Gasteiger partial charge < -0.3 is 5.32 Å². The van der Waals surface area contributed by atoms with E-state index in [0.717, 1.165) is 17.7 Å². The molecule has 0 saturated carbocycles. The van der Waals surface area contributed by atoms with E-state index in [9.17, 15) is 14.4 Å². The lowest BCUT2D eigenvalue weighted by Crippen LogP contribution is -2.38. The highest BCUT2D eigenvalue weighted by Crippen LogP contribution is 2.19. The molecule has 0 spiro atoms. The first kappa shape index (κ1) is 14.2. The number of pyridine rings is 1. The average Bonchev–Trinajstić information content (AvgIpc) is 2.70. The number of unbranched alkanes of at least 4 members (excludes halogenated alkanes) is 1. The molecule has 1 aliphatic rings. The van der Waals surface area contributed by atoms with E-state index in [1.54, 1.807) is 12.1 Å². The first-order valence-electron chi connectivity index (χ1n) is 6.73. The van der Waals surface area contributed by atoms with Gasteiger partial charge in [0.05, 0.1) is 5.56 Å². The van der Waals surface area contributed by atoms with Crippen LogP contribution in [0.3, 0.4) is 0 Å². The summed E-state index contributed by atoms with van der Waals surface area (Å²) in [6, 6.07) is 3.21. The standard InChI is InChI=1S/C14H17N3O3/c1-2-3-6-11(18)15-8-9-17-13(19)10-5-4-7-16-12(10)14(17)20/h4-5,7H,2-3,6,8-9H2,1H3,(H,15,18). The molecule has 2 heterocycles. The molecule has 2 rings (SSSR count). The van der Waals surface area contributed by atoms with E-state index in [1.807, 2.05) is 6.92 Å². The summed E-state index contributed by atoms with van der Waals surface area (Å²) in [6.07, 6.45) is 3.75. The molecular weight excluding hydrogens is 258 g/mol. The van der Waals surface area contributed by atoms with Crippen molar-refractivity contribution >= 4 is 17.7 Å². The van der Waals surface area contributed by atoms with Crippen LogP contribution in [-0.2, 0) is 4.79 Å². The van der Waals surface area contributed by atoms with Gasteiger partial charge in [0.1, 0.15) is 5.69 Å². The van der Waals surface area contributed by atoms with Gasteiger partial charge in [0.2, 0.25) is 5.91 Å². The number of carbonyl (C=O) groups is 3. The molecule has 106 valence electrons. The number of aromatic nitrogens is 1. The first-order valence-corrected chi connectivity index (χ1v) is 6.73. The zero-order chi connectivity index (χ0) is 14.5. The van der Waals surface area contributed by atoms with E-state index < -0.39 is 5.91 Å². The Labute approximate surface area is 117 Å². The van der Waals surface area contributed by atoms with E-state index in [1.165, 1.54) is 6.20 Å². The second-order valence-electron chi connectivity index (χ2n) is 4.62. The van der Waals surface area contributed by atoms with Crippen LogP contribution >= 0.6 is 0 Å². The summed E-state index contributed by atoms with van der Waals surface area (Å²) in [5.41, 5.74) is 0.518. The van der Waals surface area contributed by atoms with Gasteiger partial charge in [-0.15, -0.1) is 0 Å². The lowest BCUT2D eigenvalue weighted by molar-refractivity contribution is -0.121. The molecule has 1 aromatic rings. The van der Waals surface area contributed by atoms with Crippen LogP contribution in [0.1, 0.15) is 47.0 Å². The summed E-state index contributed by atoms with van der Waals surface area (Å²) in [5, 5.41) is 2.71. The van der Waals surface area contributed by atoms with E-state index in [-0.39, 0.29) is 30.6 Å². The summed E-state index contributed by atoms with van der Waals surface area (Å²) < 4.78 is 0. The van der Waals surface area contributed by atoms with Crippen molar-refractivity contribution in [2.24, 2.45) is 0 Å². The molecule has 6 nitrogen and oxygen atoms in total. The summed E-state index contributed by atoms with van der Waals surface area (Å²) in [4.78, 5) is 40.5. The first-order chi connectivity index (χ1) is 9.65. The van der Waals surface area contributed by atoms with Crippen molar-refractivity contribution < 1.29 is 14.4 Å². The molecule has 1 aliphatic heterocycles. The largest absolute Gasteiger partial charge is 0.354 e. The van der Waals surface area contributed by atoms with Crippen molar-refractivity contribution in [3.63, 3.8) is 0 Å². The van der Waals surface area contributed by atoms with Gasteiger partial charge in [-0.2, -0.15) is 0 Å². The van der Waals surface area contributed by atoms with E-state index >= 15 is 0 Å². The zero-order valence-corrected chi connectivity index (χ0v) is 11.4. The van der Waals surface area contributed by atoms with E-state index in [4.69, 9.17) is 0 Å². The molecule has 0 saturated heterocycles. The zero-order valence-electron chi connectivity index (χ0n) is 11.4. The van der Waals surface area contributed by atoms with Crippen LogP contribution in [0.25, 0.3) is 0 Å².